The van der Waals surface area contributed by atoms with Crippen molar-refractivity contribution in [2.45, 2.75) is 56.4 Å². The zero-order valence-corrected chi connectivity index (χ0v) is 23.8. The van der Waals surface area contributed by atoms with Crippen LogP contribution in [0.15, 0.2) is 24.5 Å². The van der Waals surface area contributed by atoms with Crippen LogP contribution in [-0.4, -0.2) is 135 Å². The van der Waals surface area contributed by atoms with E-state index in [9.17, 15) is 44.3 Å². The third kappa shape index (κ3) is 14.6. The minimum atomic E-state index is -5.08. The molecule has 1 aromatic rings. The number of ether oxygens (including phenoxy) is 1. The lowest BCUT2D eigenvalue weighted by molar-refractivity contribution is -0.193. The van der Waals surface area contributed by atoms with Gasteiger partial charge < -0.3 is 25.0 Å². The molecule has 0 bridgehead atoms. The maximum absolute atomic E-state index is 12.5. The molecule has 0 aliphatic carbocycles. The van der Waals surface area contributed by atoms with Crippen molar-refractivity contribution in [1.82, 2.24) is 19.7 Å². The summed E-state index contributed by atoms with van der Waals surface area (Å²) in [6.45, 7) is 7.51. The summed E-state index contributed by atoms with van der Waals surface area (Å²) in [5.41, 5.74) is 1.31. The molecule has 46 heavy (non-hydrogen) atoms. The molecule has 0 unspecified atom stereocenters. The molecule has 0 saturated carbocycles. The van der Waals surface area contributed by atoms with E-state index in [1.165, 1.54) is 5.56 Å². The Morgan fingerprint density at radius 1 is 0.761 bits per heavy atom. The smallest absolute Gasteiger partial charge is 0.475 e. The van der Waals surface area contributed by atoms with Gasteiger partial charge in [-0.25, -0.2) is 14.4 Å². The number of piperidine rings is 1. The topological polar surface area (TPSA) is 161 Å². The minimum Gasteiger partial charge on any atom is -0.475 e. The second kappa shape index (κ2) is 17.8. The number of carboxylic acid groups (broad SMARTS) is 3. The highest BCUT2D eigenvalue weighted by Gasteiger charge is 2.43. The van der Waals surface area contributed by atoms with Crippen LogP contribution in [0.1, 0.15) is 24.8 Å². The predicted molar refractivity (Wildman–Crippen MR) is 136 cm³/mol. The summed E-state index contributed by atoms with van der Waals surface area (Å²) in [7, 11) is 0. The lowest BCUT2D eigenvalue weighted by Gasteiger charge is -2.41. The van der Waals surface area contributed by atoms with Gasteiger partial charge in [0.2, 0.25) is 5.91 Å². The third-order valence-electron chi connectivity index (χ3n) is 6.62. The maximum atomic E-state index is 12.5. The quantitative estimate of drug-likeness (QED) is 0.391. The molecule has 0 aromatic carbocycles. The molecule has 0 spiro atoms. The van der Waals surface area contributed by atoms with Crippen molar-refractivity contribution < 1.29 is 78.7 Å². The molecule has 2 atom stereocenters. The summed E-state index contributed by atoms with van der Waals surface area (Å²) >= 11 is 0. The Morgan fingerprint density at radius 2 is 1.22 bits per heavy atom. The summed E-state index contributed by atoms with van der Waals surface area (Å²) < 4.78 is 101. The molecule has 12 nitrogen and oxygen atoms in total. The van der Waals surface area contributed by atoms with Gasteiger partial charge in [0.15, 0.2) is 0 Å². The fraction of sp³-hybridized carbons (Fsp3) is 0.640. The van der Waals surface area contributed by atoms with Gasteiger partial charge in [0.1, 0.15) is 0 Å². The number of carboxylic acids is 3. The first kappa shape index (κ1) is 40.3. The van der Waals surface area contributed by atoms with E-state index in [1.807, 2.05) is 12.4 Å². The van der Waals surface area contributed by atoms with Crippen LogP contribution in [0.2, 0.25) is 0 Å². The number of fused-ring (bicyclic) bond motifs is 1. The third-order valence-corrected chi connectivity index (χ3v) is 6.62. The number of hydrogen-bond donors (Lipinski definition) is 3. The normalized spacial score (nSPS) is 20.5. The Kier molecular flexibility index (Phi) is 15.6. The SMILES string of the molecule is O=C(O)C(F)(F)F.O=C(O)C(F)(F)F.O=C(O)C(F)(F)F.O=C1CC[C@H]2[C@H](CCN2Cc2ccncc2)N1CCN1CCOCC1. The summed E-state index contributed by atoms with van der Waals surface area (Å²) in [4.78, 5) is 50.5. The average Bonchev–Trinajstić information content (AvgIpc) is 3.35. The molecule has 3 fully saturated rings. The van der Waals surface area contributed by atoms with Crippen LogP contribution in [0.5, 0.6) is 0 Å². The van der Waals surface area contributed by atoms with Gasteiger partial charge in [0.05, 0.1) is 13.2 Å². The number of hydrogen-bond acceptors (Lipinski definition) is 8. The number of nitrogens with zero attached hydrogens (tertiary/aromatic N) is 4. The standard InChI is InChI=1S/C19H28N4O2.3C2HF3O2/c24-19-2-1-17-18(23(19)10-9-21-11-13-25-14-12-21)5-8-22(17)15-16-3-6-20-7-4-16;3*3-2(4,5)1(6)7/h3-4,6-7,17-18H,1-2,5,8-15H2;3*(H,6,7)/t17-,18-;;;/m0.../s1. The maximum Gasteiger partial charge on any atom is 0.490 e. The Bertz CT molecular complexity index is 1070. The van der Waals surface area contributed by atoms with Gasteiger partial charge in [0, 0.05) is 70.2 Å². The molecular formula is C25H31F9N4O8. The Balaban J connectivity index is 0.000000413. The van der Waals surface area contributed by atoms with E-state index in [-0.39, 0.29) is 0 Å². The van der Waals surface area contributed by atoms with Gasteiger partial charge in [-0.15, -0.1) is 0 Å². The van der Waals surface area contributed by atoms with E-state index < -0.39 is 36.4 Å². The van der Waals surface area contributed by atoms with Crippen LogP contribution in [0, 0.1) is 0 Å². The number of likely N-dealkylation sites (tertiary alicyclic amines) is 2. The zero-order chi connectivity index (χ0) is 35.3. The summed E-state index contributed by atoms with van der Waals surface area (Å²) in [5.74, 6) is -7.92. The van der Waals surface area contributed by atoms with Crippen molar-refractivity contribution >= 4 is 23.8 Å². The number of pyridine rings is 1. The molecule has 4 heterocycles. The molecule has 0 radical (unpaired) electrons. The van der Waals surface area contributed by atoms with Gasteiger partial charge in [-0.1, -0.05) is 0 Å². The van der Waals surface area contributed by atoms with E-state index in [4.69, 9.17) is 34.4 Å². The van der Waals surface area contributed by atoms with Crippen molar-refractivity contribution in [2.24, 2.45) is 0 Å². The largest absolute Gasteiger partial charge is 0.490 e. The van der Waals surface area contributed by atoms with Gasteiger partial charge in [-0.05, 0) is 30.5 Å². The number of carbonyl (C=O) groups is 4. The van der Waals surface area contributed by atoms with Crippen molar-refractivity contribution in [1.29, 1.82) is 0 Å². The first-order valence-corrected chi connectivity index (χ1v) is 13.3. The number of morpholine rings is 1. The van der Waals surface area contributed by atoms with E-state index in [0.717, 1.165) is 65.3 Å². The van der Waals surface area contributed by atoms with Gasteiger partial charge in [-0.3, -0.25) is 19.6 Å². The van der Waals surface area contributed by atoms with Gasteiger partial charge in [-0.2, -0.15) is 39.5 Å². The molecule has 1 aromatic heterocycles. The van der Waals surface area contributed by atoms with Crippen LogP contribution in [-0.2, 0) is 30.5 Å². The van der Waals surface area contributed by atoms with E-state index in [2.05, 4.69) is 31.8 Å². The van der Waals surface area contributed by atoms with Crippen molar-refractivity contribution in [3.05, 3.63) is 30.1 Å². The highest BCUT2D eigenvalue weighted by molar-refractivity contribution is 5.78. The van der Waals surface area contributed by atoms with Crippen LogP contribution in [0.25, 0.3) is 0 Å². The Labute approximate surface area is 255 Å². The lowest BCUT2D eigenvalue weighted by atomic mass is 9.96. The van der Waals surface area contributed by atoms with Crippen LogP contribution in [0.4, 0.5) is 39.5 Å². The van der Waals surface area contributed by atoms with E-state index in [0.29, 0.717) is 24.4 Å². The monoisotopic (exact) mass is 686 g/mol. The van der Waals surface area contributed by atoms with E-state index >= 15 is 0 Å². The van der Waals surface area contributed by atoms with Crippen LogP contribution in [0.3, 0.4) is 0 Å². The van der Waals surface area contributed by atoms with Gasteiger partial charge >= 0.3 is 36.4 Å². The molecule has 1 amide bonds. The second-order valence-corrected chi connectivity index (χ2v) is 9.74. The second-order valence-electron chi connectivity index (χ2n) is 9.74. The predicted octanol–water partition coefficient (Wildman–Crippen LogP) is 2.88. The summed E-state index contributed by atoms with van der Waals surface area (Å²) in [6, 6.07) is 5.09. The molecule has 4 rings (SSSR count). The lowest BCUT2D eigenvalue weighted by Crippen LogP contribution is -2.54. The molecule has 3 N–H and O–H groups in total. The number of aliphatic carboxylic acids is 3. The number of aromatic nitrogens is 1. The highest BCUT2D eigenvalue weighted by Crippen LogP contribution is 2.32. The highest BCUT2D eigenvalue weighted by atomic mass is 19.4. The fourth-order valence-corrected chi connectivity index (χ4v) is 4.52. The number of halogens is 9. The zero-order valence-electron chi connectivity index (χ0n) is 23.8. The number of carbonyl (C=O) groups excluding carboxylic acids is 1. The Hall–Kier alpha value is -3.72. The molecule has 21 heteroatoms. The van der Waals surface area contributed by atoms with Gasteiger partial charge in [0.25, 0.3) is 0 Å². The molecule has 3 aliphatic heterocycles. The minimum absolute atomic E-state index is 0.347. The molecular weight excluding hydrogens is 655 g/mol. The van der Waals surface area contributed by atoms with Crippen molar-refractivity contribution in [2.75, 3.05) is 45.9 Å². The van der Waals surface area contributed by atoms with Crippen molar-refractivity contribution in [3.8, 4) is 0 Å². The van der Waals surface area contributed by atoms with Crippen LogP contribution < -0.4 is 0 Å². The fourth-order valence-electron chi connectivity index (χ4n) is 4.52. The number of rotatable bonds is 5. The number of alkyl halides is 9. The first-order valence-electron chi connectivity index (χ1n) is 13.3. The Morgan fingerprint density at radius 3 is 1.65 bits per heavy atom. The van der Waals surface area contributed by atoms with Crippen LogP contribution >= 0.6 is 0 Å². The molecule has 262 valence electrons. The first-order chi connectivity index (χ1) is 21.1. The number of amides is 1. The molecule has 3 saturated heterocycles. The van der Waals surface area contributed by atoms with E-state index in [1.54, 1.807) is 0 Å². The summed E-state index contributed by atoms with van der Waals surface area (Å²) in [6.07, 6.45) is -8.73. The average molecular weight is 687 g/mol. The van der Waals surface area contributed by atoms with Crippen molar-refractivity contribution in [3.63, 3.8) is 0 Å². The molecule has 3 aliphatic rings. The summed E-state index contributed by atoms with van der Waals surface area (Å²) in [5, 5.41) is 21.4.